The predicted molar refractivity (Wildman–Crippen MR) is 121 cm³/mol. The highest BCUT2D eigenvalue weighted by molar-refractivity contribution is 9.10. The molecule has 164 valence electrons. The quantitative estimate of drug-likeness (QED) is 0.444. The van der Waals surface area contributed by atoms with Gasteiger partial charge in [0.15, 0.2) is 6.10 Å². The van der Waals surface area contributed by atoms with Crippen molar-refractivity contribution < 1.29 is 23.8 Å². The molecule has 0 bridgehead atoms. The molecule has 2 aromatic carbocycles. The van der Waals surface area contributed by atoms with Crippen LogP contribution in [0.5, 0.6) is 11.5 Å². The number of hydrogen-bond acceptors (Lipinski definition) is 6. The Morgan fingerprint density at radius 2 is 1.97 bits per heavy atom. The molecule has 2 N–H and O–H groups in total. The van der Waals surface area contributed by atoms with Gasteiger partial charge in [0.1, 0.15) is 11.5 Å². The topological polar surface area (TPSA) is 85.9 Å². The molecule has 2 aliphatic rings. The van der Waals surface area contributed by atoms with E-state index in [1.807, 2.05) is 31.2 Å². The molecule has 4 rings (SSSR count). The second-order valence-electron chi connectivity index (χ2n) is 7.88. The van der Waals surface area contributed by atoms with Crippen LogP contribution in [0.2, 0.25) is 0 Å². The Bertz CT molecular complexity index is 1000. The Morgan fingerprint density at radius 1 is 1.19 bits per heavy atom. The Balaban J connectivity index is 1.54. The van der Waals surface area contributed by atoms with E-state index in [1.165, 1.54) is 7.11 Å². The van der Waals surface area contributed by atoms with Crippen LogP contribution < -0.4 is 20.1 Å². The Labute approximate surface area is 189 Å². The lowest BCUT2D eigenvalue weighted by atomic mass is 9.96. The summed E-state index contributed by atoms with van der Waals surface area (Å²) in [6.45, 7) is 2.35. The van der Waals surface area contributed by atoms with E-state index < -0.39 is 12.3 Å². The lowest BCUT2D eigenvalue weighted by Crippen LogP contribution is -2.41. The van der Waals surface area contributed by atoms with Crippen LogP contribution in [0.3, 0.4) is 0 Å². The van der Waals surface area contributed by atoms with E-state index >= 15 is 0 Å². The third-order valence-corrected chi connectivity index (χ3v) is 6.34. The number of aryl methyl sites for hydroxylation is 1. The average Bonchev–Trinajstić information content (AvgIpc) is 3.30. The first-order valence-electron chi connectivity index (χ1n) is 10.4. The van der Waals surface area contributed by atoms with Crippen molar-refractivity contribution in [1.82, 2.24) is 0 Å². The molecule has 0 spiro atoms. The van der Waals surface area contributed by atoms with Crippen LogP contribution in [0.4, 0.5) is 16.2 Å². The summed E-state index contributed by atoms with van der Waals surface area (Å²) in [7, 11) is 1.27. The van der Waals surface area contributed by atoms with E-state index in [0.29, 0.717) is 29.6 Å². The number of methoxy groups -OCH3 is 1. The number of rotatable bonds is 4. The molecular formula is C23H25BrN2O5. The fourth-order valence-corrected chi connectivity index (χ4v) is 4.54. The number of carbonyl (C=O) groups excluding carboxylic acids is 2. The molecule has 31 heavy (non-hydrogen) atoms. The van der Waals surface area contributed by atoms with Crippen LogP contribution in [-0.2, 0) is 9.53 Å². The molecule has 1 heterocycles. The van der Waals surface area contributed by atoms with Gasteiger partial charge in [-0.25, -0.2) is 4.79 Å². The van der Waals surface area contributed by atoms with Gasteiger partial charge in [0.05, 0.1) is 25.0 Å². The first kappa shape index (κ1) is 21.5. The molecule has 0 radical (unpaired) electrons. The van der Waals surface area contributed by atoms with Gasteiger partial charge in [0, 0.05) is 10.5 Å². The number of benzene rings is 2. The highest BCUT2D eigenvalue weighted by Gasteiger charge is 2.28. The van der Waals surface area contributed by atoms with Crippen LogP contribution in [0.15, 0.2) is 34.8 Å². The summed E-state index contributed by atoms with van der Waals surface area (Å²) >= 11 is 3.56. The van der Waals surface area contributed by atoms with E-state index in [0.717, 1.165) is 47.0 Å². The van der Waals surface area contributed by atoms with Gasteiger partial charge in [-0.15, -0.1) is 0 Å². The molecule has 1 aliphatic carbocycles. The van der Waals surface area contributed by atoms with Gasteiger partial charge in [-0.2, -0.15) is 0 Å². The van der Waals surface area contributed by atoms with Crippen molar-refractivity contribution >= 4 is 39.4 Å². The van der Waals surface area contributed by atoms with Gasteiger partial charge < -0.3 is 24.8 Å². The molecule has 1 amide bonds. The van der Waals surface area contributed by atoms with Crippen LogP contribution in [0.1, 0.15) is 42.7 Å². The number of anilines is 2. The summed E-state index contributed by atoms with van der Waals surface area (Å²) in [5.41, 5.74) is 3.43. The van der Waals surface area contributed by atoms with Gasteiger partial charge in [0.25, 0.3) is 5.91 Å². The molecule has 2 aromatic rings. The maximum absolute atomic E-state index is 12.9. The van der Waals surface area contributed by atoms with Crippen LogP contribution in [0.25, 0.3) is 0 Å². The normalized spacial score (nSPS) is 17.8. The van der Waals surface area contributed by atoms with E-state index in [1.54, 1.807) is 6.07 Å². The summed E-state index contributed by atoms with van der Waals surface area (Å²) < 4.78 is 16.7. The maximum Gasteiger partial charge on any atom is 0.513 e. The highest BCUT2D eigenvalue weighted by atomic mass is 79.9. The van der Waals surface area contributed by atoms with Crippen molar-refractivity contribution in [3.05, 3.63) is 45.9 Å². The number of halogens is 1. The second-order valence-corrected chi connectivity index (χ2v) is 8.74. The highest BCUT2D eigenvalue weighted by Crippen LogP contribution is 2.42. The molecule has 0 aromatic heterocycles. The minimum atomic E-state index is -0.787. The molecule has 1 saturated carbocycles. The first-order chi connectivity index (χ1) is 14.9. The third kappa shape index (κ3) is 4.79. The molecule has 8 heteroatoms. The lowest BCUT2D eigenvalue weighted by molar-refractivity contribution is -0.122. The van der Waals surface area contributed by atoms with E-state index in [-0.39, 0.29) is 5.91 Å². The van der Waals surface area contributed by atoms with Crippen molar-refractivity contribution in [2.45, 2.75) is 44.6 Å². The van der Waals surface area contributed by atoms with Gasteiger partial charge in [-0.05, 0) is 70.9 Å². The number of amides is 1. The zero-order valence-corrected chi connectivity index (χ0v) is 19.1. The zero-order valence-electron chi connectivity index (χ0n) is 17.5. The summed E-state index contributed by atoms with van der Waals surface area (Å²) in [6, 6.07) is 9.36. The summed E-state index contributed by atoms with van der Waals surface area (Å²) in [4.78, 5) is 24.7. The van der Waals surface area contributed by atoms with Gasteiger partial charge in [0.2, 0.25) is 0 Å². The Kier molecular flexibility index (Phi) is 6.36. The monoisotopic (exact) mass is 488 g/mol. The van der Waals surface area contributed by atoms with Crippen LogP contribution in [0, 0.1) is 6.92 Å². The molecule has 0 saturated heterocycles. The van der Waals surface area contributed by atoms with E-state index in [4.69, 9.17) is 9.47 Å². The SMILES string of the molecule is COC(=O)Oc1cc(NC(=O)C2CNc3cc(C)ccc3O2)c(Br)cc1C1CCCC1. The minimum absolute atomic E-state index is 0.294. The summed E-state index contributed by atoms with van der Waals surface area (Å²) in [5.74, 6) is 1.06. The van der Waals surface area contributed by atoms with Crippen molar-refractivity contribution in [3.8, 4) is 11.5 Å². The summed E-state index contributed by atoms with van der Waals surface area (Å²) in [5, 5.41) is 6.13. The minimum Gasteiger partial charge on any atom is -0.477 e. The predicted octanol–water partition coefficient (Wildman–Crippen LogP) is 5.37. The fourth-order valence-electron chi connectivity index (χ4n) is 4.08. The standard InChI is InChI=1S/C23H25BrN2O5/c1-13-7-8-19-18(9-13)25-12-21(30-19)22(27)26-17-11-20(31-23(28)29-2)15(10-16(17)24)14-5-3-4-6-14/h7-11,14,21,25H,3-6,12H2,1-2H3,(H,26,27). The first-order valence-corrected chi connectivity index (χ1v) is 11.1. The Morgan fingerprint density at radius 3 is 2.71 bits per heavy atom. The van der Waals surface area contributed by atoms with Crippen LogP contribution in [-0.4, -0.2) is 31.8 Å². The molecule has 1 atom stereocenters. The number of carbonyl (C=O) groups is 2. The number of hydrogen-bond donors (Lipinski definition) is 2. The van der Waals surface area contributed by atoms with E-state index in [2.05, 4.69) is 31.3 Å². The van der Waals surface area contributed by atoms with Crippen molar-refractivity contribution in [2.75, 3.05) is 24.3 Å². The molecule has 7 nitrogen and oxygen atoms in total. The fraction of sp³-hybridized carbons (Fsp3) is 0.391. The van der Waals surface area contributed by atoms with Crippen molar-refractivity contribution in [1.29, 1.82) is 0 Å². The Hall–Kier alpha value is -2.74. The largest absolute Gasteiger partial charge is 0.513 e. The summed E-state index contributed by atoms with van der Waals surface area (Å²) in [6.07, 6.45) is 2.88. The third-order valence-electron chi connectivity index (χ3n) is 5.69. The average molecular weight is 489 g/mol. The zero-order chi connectivity index (χ0) is 22.0. The molecule has 1 fully saturated rings. The smallest absolute Gasteiger partial charge is 0.477 e. The van der Waals surface area contributed by atoms with E-state index in [9.17, 15) is 9.59 Å². The van der Waals surface area contributed by atoms with Crippen LogP contribution >= 0.6 is 15.9 Å². The molecular weight excluding hydrogens is 464 g/mol. The van der Waals surface area contributed by atoms with Gasteiger partial charge >= 0.3 is 6.16 Å². The molecule has 1 unspecified atom stereocenters. The van der Waals surface area contributed by atoms with Crippen molar-refractivity contribution in [2.24, 2.45) is 0 Å². The van der Waals surface area contributed by atoms with Crippen molar-refractivity contribution in [3.63, 3.8) is 0 Å². The number of ether oxygens (including phenoxy) is 3. The lowest BCUT2D eigenvalue weighted by Gasteiger charge is -2.27. The number of fused-ring (bicyclic) bond motifs is 1. The number of nitrogens with one attached hydrogen (secondary N) is 2. The second kappa shape index (κ2) is 9.18. The molecule has 1 aliphatic heterocycles. The van der Waals surface area contributed by atoms with Gasteiger partial charge in [-0.1, -0.05) is 18.9 Å². The van der Waals surface area contributed by atoms with Gasteiger partial charge in [-0.3, -0.25) is 4.79 Å². The maximum atomic E-state index is 12.9.